The summed E-state index contributed by atoms with van der Waals surface area (Å²) in [5.74, 6) is 2.32. The Bertz CT molecular complexity index is 2990. The minimum atomic E-state index is -0.675. The van der Waals surface area contributed by atoms with E-state index in [4.69, 9.17) is 14.7 Å². The molecule has 1 aliphatic carbocycles. The fourth-order valence-corrected chi connectivity index (χ4v) is 8.98. The van der Waals surface area contributed by atoms with Gasteiger partial charge in [-0.05, 0) is 87.0 Å². The fraction of sp³-hybridized carbons (Fsp3) is 0.0185. The molecular weight excluding hydrogens is 707 g/mol. The maximum Gasteiger partial charge on any atom is 0.160 e. The predicted molar refractivity (Wildman–Crippen MR) is 231 cm³/mol. The molecule has 1 aliphatic heterocycles. The van der Waals surface area contributed by atoms with Crippen molar-refractivity contribution in [3.63, 3.8) is 0 Å². The summed E-state index contributed by atoms with van der Waals surface area (Å²) < 4.78 is 6.90. The molecule has 8 aromatic carbocycles. The third-order valence-corrected chi connectivity index (χ3v) is 11.6. The first-order valence-electron chi connectivity index (χ1n) is 19.5. The lowest BCUT2D eigenvalue weighted by Crippen LogP contribution is -2.32. The van der Waals surface area contributed by atoms with Crippen LogP contribution in [0.4, 0.5) is 0 Å². The molecule has 9 aromatic rings. The second-order valence-corrected chi connectivity index (χ2v) is 14.8. The summed E-state index contributed by atoms with van der Waals surface area (Å²) in [5.41, 5.74) is 15.8. The molecule has 0 atom stereocenters. The Kier molecular flexibility index (Phi) is 7.74. The molecule has 2 aliphatic rings. The van der Waals surface area contributed by atoms with Gasteiger partial charge in [-0.3, -0.25) is 0 Å². The predicted octanol–water partition coefficient (Wildman–Crippen LogP) is 13.2. The van der Waals surface area contributed by atoms with E-state index < -0.39 is 5.41 Å². The topological polar surface area (TPSA) is 58.8 Å². The SMILES string of the molecule is N#Cc1ccccc1-c1ccc(-c2ccc3c(c2)C2(c4cc(-c5cc(-c6ccccc6)nc(-c6ccccc6)n5)ccc4O3)c3ccccc3-c3ccccc32)cc1. The monoisotopic (exact) mass is 739 g/mol. The van der Waals surface area contributed by atoms with Crippen molar-refractivity contribution in [3.05, 3.63) is 228 Å². The molecule has 1 aromatic heterocycles. The number of ether oxygens (including phenoxy) is 1. The maximum absolute atomic E-state index is 9.77. The highest BCUT2D eigenvalue weighted by atomic mass is 16.5. The molecule has 0 amide bonds. The van der Waals surface area contributed by atoms with Crippen LogP contribution in [-0.4, -0.2) is 9.97 Å². The number of fused-ring (bicyclic) bond motifs is 9. The summed E-state index contributed by atoms with van der Waals surface area (Å²) in [6, 6.07) is 71.9. The van der Waals surface area contributed by atoms with Gasteiger partial charge in [0.1, 0.15) is 11.5 Å². The second kappa shape index (κ2) is 13.4. The van der Waals surface area contributed by atoms with E-state index in [9.17, 15) is 5.26 Å². The molecule has 1 spiro atoms. The van der Waals surface area contributed by atoms with Crippen LogP contribution in [0, 0.1) is 11.3 Å². The number of nitrogens with zero attached hydrogens (tertiary/aromatic N) is 3. The average molecular weight is 740 g/mol. The number of rotatable bonds is 5. The largest absolute Gasteiger partial charge is 0.457 e. The van der Waals surface area contributed by atoms with Crippen molar-refractivity contribution in [3.8, 4) is 84.9 Å². The van der Waals surface area contributed by atoms with Crippen molar-refractivity contribution in [1.82, 2.24) is 9.97 Å². The Labute approximate surface area is 337 Å². The fourth-order valence-electron chi connectivity index (χ4n) is 8.98. The maximum atomic E-state index is 9.77. The Balaban J connectivity index is 1.12. The summed E-state index contributed by atoms with van der Waals surface area (Å²) in [4.78, 5) is 10.3. The molecule has 2 heterocycles. The third kappa shape index (κ3) is 5.22. The second-order valence-electron chi connectivity index (χ2n) is 14.8. The molecule has 11 rings (SSSR count). The molecule has 0 saturated heterocycles. The minimum Gasteiger partial charge on any atom is -0.457 e. The molecule has 0 unspecified atom stereocenters. The Morgan fingerprint density at radius 1 is 0.379 bits per heavy atom. The summed E-state index contributed by atoms with van der Waals surface area (Å²) in [6.07, 6.45) is 0. The van der Waals surface area contributed by atoms with Crippen molar-refractivity contribution >= 4 is 0 Å². The van der Waals surface area contributed by atoms with E-state index in [1.54, 1.807) is 0 Å². The van der Waals surface area contributed by atoms with Crippen molar-refractivity contribution in [2.45, 2.75) is 5.41 Å². The Hall–Kier alpha value is -7.87. The van der Waals surface area contributed by atoms with Gasteiger partial charge in [0.15, 0.2) is 5.82 Å². The number of hydrogen-bond acceptors (Lipinski definition) is 4. The molecule has 4 nitrogen and oxygen atoms in total. The van der Waals surface area contributed by atoms with Crippen LogP contribution in [-0.2, 0) is 5.41 Å². The lowest BCUT2D eigenvalue weighted by Gasteiger charge is -2.40. The Morgan fingerprint density at radius 3 is 1.50 bits per heavy atom. The standard InChI is InChI=1S/C54H33N3O/c55-34-41-17-7-8-18-42(41)36-25-23-35(24-26-36)39-27-29-51-47(31-39)54(45-21-11-9-19-43(45)44-20-10-12-22-46(44)54)48-32-40(28-30-52(48)58-51)50-33-49(37-13-3-1-4-14-37)56-53(57-50)38-15-5-2-6-16-38/h1-33H. The van der Waals surface area contributed by atoms with E-state index in [2.05, 4.69) is 146 Å². The number of benzene rings is 8. The van der Waals surface area contributed by atoms with E-state index in [1.165, 1.54) is 22.3 Å². The van der Waals surface area contributed by atoms with Gasteiger partial charge < -0.3 is 4.74 Å². The normalized spacial score (nSPS) is 12.7. The van der Waals surface area contributed by atoms with Gasteiger partial charge in [-0.1, -0.05) is 158 Å². The zero-order valence-electron chi connectivity index (χ0n) is 31.3. The first kappa shape index (κ1) is 33.5. The van der Waals surface area contributed by atoms with E-state index in [-0.39, 0.29) is 0 Å². The highest BCUT2D eigenvalue weighted by molar-refractivity contribution is 5.90. The van der Waals surface area contributed by atoms with Gasteiger partial charge in [-0.25, -0.2) is 9.97 Å². The van der Waals surface area contributed by atoms with Crippen LogP contribution in [0.3, 0.4) is 0 Å². The van der Waals surface area contributed by atoms with Crippen LogP contribution in [0.2, 0.25) is 0 Å². The molecule has 0 bridgehead atoms. The van der Waals surface area contributed by atoms with E-state index >= 15 is 0 Å². The number of aromatic nitrogens is 2. The average Bonchev–Trinajstić information content (AvgIpc) is 3.60. The van der Waals surface area contributed by atoms with Gasteiger partial charge in [0.25, 0.3) is 0 Å². The van der Waals surface area contributed by atoms with E-state index in [0.717, 1.165) is 73.0 Å². The van der Waals surface area contributed by atoms with Crippen LogP contribution in [0.25, 0.3) is 67.3 Å². The summed E-state index contributed by atoms with van der Waals surface area (Å²) >= 11 is 0. The van der Waals surface area contributed by atoms with Gasteiger partial charge in [0.05, 0.1) is 28.4 Å². The van der Waals surface area contributed by atoms with Gasteiger partial charge >= 0.3 is 0 Å². The molecule has 270 valence electrons. The summed E-state index contributed by atoms with van der Waals surface area (Å²) in [5, 5.41) is 9.77. The van der Waals surface area contributed by atoms with Gasteiger partial charge in [0, 0.05) is 27.8 Å². The highest BCUT2D eigenvalue weighted by Crippen LogP contribution is 2.62. The van der Waals surface area contributed by atoms with Crippen LogP contribution in [0.1, 0.15) is 27.8 Å². The molecule has 0 N–H and O–H groups in total. The van der Waals surface area contributed by atoms with Crippen molar-refractivity contribution in [2.24, 2.45) is 0 Å². The van der Waals surface area contributed by atoms with Crippen molar-refractivity contribution in [1.29, 1.82) is 5.26 Å². The van der Waals surface area contributed by atoms with Crippen LogP contribution in [0.15, 0.2) is 200 Å². The first-order valence-corrected chi connectivity index (χ1v) is 19.5. The lowest BCUT2D eigenvalue weighted by molar-refractivity contribution is 0.436. The van der Waals surface area contributed by atoms with Crippen molar-refractivity contribution < 1.29 is 4.74 Å². The molecule has 0 fully saturated rings. The highest BCUT2D eigenvalue weighted by Gasteiger charge is 2.51. The van der Waals surface area contributed by atoms with Gasteiger partial charge in [-0.2, -0.15) is 5.26 Å². The first-order chi connectivity index (χ1) is 28.7. The van der Waals surface area contributed by atoms with E-state index in [0.29, 0.717) is 11.4 Å². The molecule has 0 saturated carbocycles. The zero-order valence-corrected chi connectivity index (χ0v) is 31.3. The quantitative estimate of drug-likeness (QED) is 0.176. The minimum absolute atomic E-state index is 0.661. The summed E-state index contributed by atoms with van der Waals surface area (Å²) in [6.45, 7) is 0. The van der Waals surface area contributed by atoms with Crippen LogP contribution in [0.5, 0.6) is 11.5 Å². The van der Waals surface area contributed by atoms with E-state index in [1.807, 2.05) is 60.7 Å². The molecule has 4 heteroatoms. The lowest BCUT2D eigenvalue weighted by atomic mass is 9.65. The van der Waals surface area contributed by atoms with Crippen LogP contribution < -0.4 is 4.74 Å². The smallest absolute Gasteiger partial charge is 0.160 e. The third-order valence-electron chi connectivity index (χ3n) is 11.6. The van der Waals surface area contributed by atoms with Gasteiger partial charge in [0.2, 0.25) is 0 Å². The molecule has 58 heavy (non-hydrogen) atoms. The number of nitriles is 1. The van der Waals surface area contributed by atoms with Crippen molar-refractivity contribution in [2.75, 3.05) is 0 Å². The Morgan fingerprint density at radius 2 is 0.862 bits per heavy atom. The van der Waals surface area contributed by atoms with Gasteiger partial charge in [-0.15, -0.1) is 0 Å². The molecule has 0 radical (unpaired) electrons. The zero-order chi connectivity index (χ0) is 38.6. The summed E-state index contributed by atoms with van der Waals surface area (Å²) in [7, 11) is 0. The number of hydrogen-bond donors (Lipinski definition) is 0. The van der Waals surface area contributed by atoms with Crippen LogP contribution >= 0.6 is 0 Å². The molecular formula is C54H33N3O.